The monoisotopic (exact) mass is 1110 g/mol. The number of fused-ring (bicyclic) bond motifs is 3. The van der Waals surface area contributed by atoms with Crippen LogP contribution in [0.15, 0.2) is 115 Å². The molecule has 11 rings (SSSR count). The molecule has 0 radical (unpaired) electrons. The summed E-state index contributed by atoms with van der Waals surface area (Å²) < 4.78 is 19.5. The topological polar surface area (TPSA) is 372 Å². The van der Waals surface area contributed by atoms with Gasteiger partial charge >= 0.3 is 0 Å². The number of aliphatic hydroxyl groups excluding tert-OH is 2. The van der Waals surface area contributed by atoms with E-state index in [9.17, 15) is 86.8 Å². The summed E-state index contributed by atoms with van der Waals surface area (Å²) in [7, 11) is 0. The lowest BCUT2D eigenvalue weighted by Gasteiger charge is -2.43. The summed E-state index contributed by atoms with van der Waals surface area (Å²) in [5.41, 5.74) is -0.796. The third-order valence-corrected chi connectivity index (χ3v) is 14.7. The van der Waals surface area contributed by atoms with Crippen molar-refractivity contribution in [2.45, 2.75) is 68.5 Å². The smallest absolute Gasteiger partial charge is 0.157 e. The average molecular weight is 1110 g/mol. The number of hydrogen-bond acceptors (Lipinski definition) is 20. The molecule has 17 N–H and O–H groups in total. The minimum absolute atomic E-state index is 0.0235. The van der Waals surface area contributed by atoms with Crippen LogP contribution < -0.4 is 14.2 Å². The average Bonchev–Trinajstić information content (AvgIpc) is 2.07. The van der Waals surface area contributed by atoms with Crippen molar-refractivity contribution in [2.24, 2.45) is 0 Å². The van der Waals surface area contributed by atoms with Crippen LogP contribution in [0.3, 0.4) is 0 Å². The largest absolute Gasteiger partial charge is 0.508 e. The molecule has 3 aliphatic rings. The number of rotatable bonds is 8. The first-order valence-electron chi connectivity index (χ1n) is 25.3. The van der Waals surface area contributed by atoms with Crippen molar-refractivity contribution in [1.82, 2.24) is 0 Å². The zero-order valence-corrected chi connectivity index (χ0v) is 42.8. The third-order valence-electron chi connectivity index (χ3n) is 14.7. The highest BCUT2D eigenvalue weighted by Crippen LogP contribution is 2.64. The first-order valence-corrected chi connectivity index (χ1v) is 25.3. The molecule has 8 aromatic carbocycles. The molecule has 8 atom stereocenters. The molecule has 20 nitrogen and oxygen atoms in total. The van der Waals surface area contributed by atoms with E-state index in [1.54, 1.807) is 18.2 Å². The van der Waals surface area contributed by atoms with E-state index in [0.717, 1.165) is 42.5 Å². The van der Waals surface area contributed by atoms with Crippen LogP contribution >= 0.6 is 0 Å². The van der Waals surface area contributed by atoms with Gasteiger partial charge in [0.1, 0.15) is 87.3 Å². The second-order valence-corrected chi connectivity index (χ2v) is 19.6. The van der Waals surface area contributed by atoms with E-state index < -0.39 is 151 Å². The van der Waals surface area contributed by atoms with Crippen molar-refractivity contribution >= 4 is 12.2 Å². The Morgan fingerprint density at radius 2 is 0.753 bits per heavy atom. The van der Waals surface area contributed by atoms with E-state index in [0.29, 0.717) is 5.56 Å². The van der Waals surface area contributed by atoms with E-state index in [2.05, 4.69) is 0 Å². The standard InChI is InChI=1S/C59H48O20.C2H6/c60-28-8-3-23(4-9-28)1-2-24-13-37(68)48(38(69)14-24)52-49-42(73)22-43(74)51(59(49)79-56(54(52)75)26-6-11-32(63)35(66)16-26)53-50-41(72)21-40(71)47(58(50)78-57(55(53)76)27-7-12-33(64)36(67)17-27)30-20-44(25-5-10-31(62)34(65)15-25)77-45-19-29(61)18-39(70)46(30)45;1-2/h1-19,21-22,30,44,52-57,60-76H,20H2;1-2H3/b2-1+;/t30?,44-,52?,53?,54+,55+,56+,57+;/m0./s1. The van der Waals surface area contributed by atoms with Gasteiger partial charge in [-0.1, -0.05) is 56.3 Å². The molecule has 0 bridgehead atoms. The Bertz CT molecular complexity index is 3780. The van der Waals surface area contributed by atoms with Crippen LogP contribution in [0.5, 0.6) is 103 Å². The third kappa shape index (κ3) is 9.50. The van der Waals surface area contributed by atoms with E-state index >= 15 is 0 Å². The van der Waals surface area contributed by atoms with Gasteiger partial charge in [-0.2, -0.15) is 0 Å². The van der Waals surface area contributed by atoms with Crippen molar-refractivity contribution in [3.05, 3.63) is 176 Å². The van der Waals surface area contributed by atoms with Crippen molar-refractivity contribution in [3.63, 3.8) is 0 Å². The Hall–Kier alpha value is -10.2. The van der Waals surface area contributed by atoms with Gasteiger partial charge in [0, 0.05) is 70.0 Å². The lowest BCUT2D eigenvalue weighted by molar-refractivity contribution is -0.00407. The summed E-state index contributed by atoms with van der Waals surface area (Å²) >= 11 is 0. The quantitative estimate of drug-likeness (QED) is 0.0497. The minimum atomic E-state index is -2.02. The molecule has 0 aromatic heterocycles. The van der Waals surface area contributed by atoms with Crippen LogP contribution in [-0.2, 0) is 0 Å². The van der Waals surface area contributed by atoms with E-state index in [1.165, 1.54) is 66.7 Å². The Labute approximate surface area is 460 Å². The first kappa shape index (κ1) is 54.2. The Balaban J connectivity index is 0.00000364. The van der Waals surface area contributed by atoms with Gasteiger partial charge in [-0.05, 0) is 88.5 Å². The molecule has 0 saturated heterocycles. The highest BCUT2D eigenvalue weighted by molar-refractivity contribution is 5.75. The van der Waals surface area contributed by atoms with Crippen LogP contribution in [0.25, 0.3) is 12.2 Å². The van der Waals surface area contributed by atoms with Crippen molar-refractivity contribution in [3.8, 4) is 103 Å². The summed E-state index contributed by atoms with van der Waals surface area (Å²) in [6, 6.07) is 23.2. The second kappa shape index (κ2) is 20.9. The molecule has 81 heavy (non-hydrogen) atoms. The fourth-order valence-electron chi connectivity index (χ4n) is 11.1. The van der Waals surface area contributed by atoms with Crippen molar-refractivity contribution < 1.29 is 101 Å². The molecular formula is C61H54O20. The Morgan fingerprint density at radius 3 is 1.25 bits per heavy atom. The maximum absolute atomic E-state index is 12.9. The molecule has 3 aliphatic heterocycles. The summed E-state index contributed by atoms with van der Waals surface area (Å²) in [6.45, 7) is 4.00. The molecule has 0 saturated carbocycles. The predicted molar refractivity (Wildman–Crippen MR) is 289 cm³/mol. The van der Waals surface area contributed by atoms with Crippen LogP contribution in [0.2, 0.25) is 0 Å². The minimum Gasteiger partial charge on any atom is -0.508 e. The number of phenolic OH excluding ortho intramolecular Hbond substituents is 15. The van der Waals surface area contributed by atoms with Crippen molar-refractivity contribution in [1.29, 1.82) is 0 Å². The summed E-state index contributed by atoms with van der Waals surface area (Å²) in [4.78, 5) is 0. The zero-order valence-electron chi connectivity index (χ0n) is 42.8. The number of phenols is 15. The Kier molecular flexibility index (Phi) is 14.0. The lowest BCUT2D eigenvalue weighted by atomic mass is 9.72. The van der Waals surface area contributed by atoms with Gasteiger partial charge in [-0.25, -0.2) is 0 Å². The molecule has 0 fully saturated rings. The molecule has 8 aromatic rings. The van der Waals surface area contributed by atoms with E-state index in [-0.39, 0.29) is 62.4 Å². The summed E-state index contributed by atoms with van der Waals surface area (Å²) in [5, 5.41) is 193. The Morgan fingerprint density at radius 1 is 0.346 bits per heavy atom. The first-order chi connectivity index (χ1) is 38.7. The lowest BCUT2D eigenvalue weighted by Crippen LogP contribution is -2.38. The number of benzene rings is 8. The molecular weight excluding hydrogens is 1050 g/mol. The molecule has 20 heteroatoms. The van der Waals surface area contributed by atoms with Gasteiger partial charge in [0.15, 0.2) is 46.7 Å². The zero-order chi connectivity index (χ0) is 58.0. The SMILES string of the molecule is CC.Oc1ccc(/C=C/c2cc(O)c(C3c4c(O)cc(O)c(C5c6c(O)cc(O)c(C7C[C@@H](c8ccc(O)c(O)c8)Oc8cc(O)cc(O)c87)c6O[C@H](c6ccc(O)c(O)c6)[C@@H]5O)c4O[C@H](c4ccc(O)c(O)c4)[C@@H]3O)c(O)c2)cc1. The number of ether oxygens (including phenoxy) is 3. The van der Waals surface area contributed by atoms with Gasteiger partial charge in [0.05, 0.1) is 11.8 Å². The number of hydrogen-bond donors (Lipinski definition) is 17. The van der Waals surface area contributed by atoms with Gasteiger partial charge in [-0.3, -0.25) is 0 Å². The van der Waals surface area contributed by atoms with Gasteiger partial charge in [0.25, 0.3) is 0 Å². The van der Waals surface area contributed by atoms with Gasteiger partial charge in [-0.15, -0.1) is 0 Å². The van der Waals surface area contributed by atoms with E-state index in [4.69, 9.17) is 14.2 Å². The predicted octanol–water partition coefficient (Wildman–Crippen LogP) is 9.38. The van der Waals surface area contributed by atoms with Crippen LogP contribution in [0, 0.1) is 0 Å². The number of aromatic hydroxyl groups is 15. The summed E-state index contributed by atoms with van der Waals surface area (Å²) in [6.07, 6.45) is -5.49. The highest BCUT2D eigenvalue weighted by Gasteiger charge is 2.51. The van der Waals surface area contributed by atoms with Crippen LogP contribution in [0.4, 0.5) is 0 Å². The molecule has 418 valence electrons. The van der Waals surface area contributed by atoms with Crippen LogP contribution in [-0.4, -0.2) is 99.0 Å². The summed E-state index contributed by atoms with van der Waals surface area (Å²) in [5.74, 6) is -14.7. The second-order valence-electron chi connectivity index (χ2n) is 19.6. The molecule has 3 unspecified atom stereocenters. The van der Waals surface area contributed by atoms with E-state index in [1.807, 2.05) is 13.8 Å². The fourth-order valence-corrected chi connectivity index (χ4v) is 11.1. The number of aliphatic hydroxyl groups is 2. The van der Waals surface area contributed by atoms with Gasteiger partial charge < -0.3 is 101 Å². The van der Waals surface area contributed by atoms with Crippen LogP contribution in [0.1, 0.15) is 118 Å². The maximum atomic E-state index is 12.9. The molecule has 0 aliphatic carbocycles. The fraction of sp³-hybridized carbons (Fsp3) is 0.180. The molecule has 0 spiro atoms. The molecule has 3 heterocycles. The maximum Gasteiger partial charge on any atom is 0.157 e. The van der Waals surface area contributed by atoms with Gasteiger partial charge in [0.2, 0.25) is 0 Å². The normalized spacial score (nSPS) is 20.8. The van der Waals surface area contributed by atoms with Crippen molar-refractivity contribution in [2.75, 3.05) is 0 Å². The highest BCUT2D eigenvalue weighted by atomic mass is 16.5. The molecule has 0 amide bonds.